The number of aliphatic hydroxyl groups is 3. The van der Waals surface area contributed by atoms with Gasteiger partial charge in [-0.2, -0.15) is 0 Å². The number of ether oxygens (including phenoxy) is 1. The summed E-state index contributed by atoms with van der Waals surface area (Å²) in [5, 5.41) is 32.1. The minimum absolute atomic E-state index is 0.650. The van der Waals surface area contributed by atoms with Crippen molar-refractivity contribution in [2.45, 2.75) is 24.2 Å². The molecule has 1 unspecified atom stereocenters. The minimum atomic E-state index is -2.10. The van der Waals surface area contributed by atoms with Crippen molar-refractivity contribution in [3.05, 3.63) is 43.5 Å². The molecule has 1 aromatic heterocycles. The molecule has 20 heavy (non-hydrogen) atoms. The number of aromatic nitrogens is 2. The van der Waals surface area contributed by atoms with E-state index in [-0.39, 0.29) is 0 Å². The highest BCUT2D eigenvalue weighted by Crippen LogP contribution is 2.37. The zero-order chi connectivity index (χ0) is 14.9. The number of hydrogen-bond acceptors (Lipinski definition) is 7. The van der Waals surface area contributed by atoms with Gasteiger partial charge in [-0.15, -0.1) is 0 Å². The van der Waals surface area contributed by atoms with E-state index in [2.05, 4.69) is 10.0 Å². The van der Waals surface area contributed by atoms with Crippen LogP contribution >= 0.6 is 0 Å². The monoisotopic (exact) mass is 285 g/mol. The van der Waals surface area contributed by atoms with Gasteiger partial charge >= 0.3 is 5.69 Å². The largest absolute Gasteiger partial charge is 0.393 e. The summed E-state index contributed by atoms with van der Waals surface area (Å²) in [5.41, 5.74) is 4.79. The second-order valence-electron chi connectivity index (χ2n) is 4.15. The van der Waals surface area contributed by atoms with Crippen molar-refractivity contribution in [2.24, 2.45) is 5.11 Å². The third kappa shape index (κ3) is 2.09. The molecule has 1 saturated heterocycles. The topological polar surface area (TPSA) is 174 Å². The number of nitrogens with zero attached hydrogens (tertiary/aromatic N) is 4. The van der Waals surface area contributed by atoms with Crippen molar-refractivity contribution in [3.8, 4) is 0 Å². The molecule has 2 heterocycles. The maximum absolute atomic E-state index is 11.6. The van der Waals surface area contributed by atoms with Gasteiger partial charge in [0.15, 0.2) is 6.23 Å². The summed E-state index contributed by atoms with van der Waals surface area (Å²) in [5.74, 6) is 0. The molecular weight excluding hydrogens is 274 g/mol. The van der Waals surface area contributed by atoms with Crippen LogP contribution in [0.2, 0.25) is 0 Å². The van der Waals surface area contributed by atoms with Crippen LogP contribution in [0.5, 0.6) is 0 Å². The Morgan fingerprint density at radius 1 is 1.55 bits per heavy atom. The number of aromatic amines is 1. The van der Waals surface area contributed by atoms with E-state index in [1.807, 2.05) is 4.98 Å². The molecule has 0 spiro atoms. The van der Waals surface area contributed by atoms with Crippen LogP contribution in [0.4, 0.5) is 0 Å². The number of hydrogen-bond donors (Lipinski definition) is 4. The van der Waals surface area contributed by atoms with Crippen LogP contribution in [-0.4, -0.2) is 49.4 Å². The average molecular weight is 285 g/mol. The standard InChI is InChI=1S/C9H11N5O6/c10-13-12-9(3-15)6(18)5(17)7(20-9)14-2-1-4(16)11-8(14)19/h1-2,5-7,15,17-18H,3H2,(H,11,16,19)/t5-,6-,7+,9?/m0/s1. The highest BCUT2D eigenvalue weighted by Gasteiger charge is 2.54. The van der Waals surface area contributed by atoms with Gasteiger partial charge in [-0.25, -0.2) is 4.79 Å². The van der Waals surface area contributed by atoms with Gasteiger partial charge in [0.25, 0.3) is 5.56 Å². The molecular formula is C9H11N5O6. The minimum Gasteiger partial charge on any atom is -0.393 e. The van der Waals surface area contributed by atoms with E-state index in [0.717, 1.165) is 16.8 Å². The van der Waals surface area contributed by atoms with Crippen molar-refractivity contribution in [2.75, 3.05) is 6.61 Å². The van der Waals surface area contributed by atoms with Crippen LogP contribution in [0, 0.1) is 0 Å². The van der Waals surface area contributed by atoms with Crippen LogP contribution in [0.3, 0.4) is 0 Å². The van der Waals surface area contributed by atoms with E-state index in [1.165, 1.54) is 0 Å². The molecule has 1 aromatic rings. The molecule has 1 aliphatic heterocycles. The summed E-state index contributed by atoms with van der Waals surface area (Å²) >= 11 is 0. The normalized spacial score (nSPS) is 32.9. The fourth-order valence-electron chi connectivity index (χ4n) is 1.94. The van der Waals surface area contributed by atoms with Gasteiger partial charge in [0.2, 0.25) is 5.72 Å². The van der Waals surface area contributed by atoms with Crippen LogP contribution in [0.25, 0.3) is 10.4 Å². The van der Waals surface area contributed by atoms with Gasteiger partial charge in [-0.1, -0.05) is 5.11 Å². The zero-order valence-corrected chi connectivity index (χ0v) is 9.95. The smallest absolute Gasteiger partial charge is 0.330 e. The van der Waals surface area contributed by atoms with Crippen molar-refractivity contribution in [1.82, 2.24) is 9.55 Å². The van der Waals surface area contributed by atoms with Gasteiger partial charge < -0.3 is 20.1 Å². The number of azide groups is 1. The maximum Gasteiger partial charge on any atom is 0.330 e. The molecule has 0 amide bonds. The lowest BCUT2D eigenvalue weighted by molar-refractivity contribution is -0.125. The Hall–Kier alpha value is -2.17. The summed E-state index contributed by atoms with van der Waals surface area (Å²) in [7, 11) is 0. The van der Waals surface area contributed by atoms with E-state index in [9.17, 15) is 24.9 Å². The van der Waals surface area contributed by atoms with Gasteiger partial charge in [-0.05, 0) is 5.53 Å². The number of aliphatic hydroxyl groups excluding tert-OH is 3. The van der Waals surface area contributed by atoms with Gasteiger partial charge in [0, 0.05) is 17.2 Å². The molecule has 11 heteroatoms. The molecule has 1 aliphatic rings. The molecule has 0 bridgehead atoms. The number of rotatable bonds is 3. The molecule has 4 N–H and O–H groups in total. The first-order chi connectivity index (χ1) is 9.45. The molecule has 0 saturated carbocycles. The Kier molecular flexibility index (Phi) is 3.61. The molecule has 108 valence electrons. The maximum atomic E-state index is 11.6. The van der Waals surface area contributed by atoms with Crippen molar-refractivity contribution < 1.29 is 20.1 Å². The third-order valence-corrected chi connectivity index (χ3v) is 2.97. The van der Waals surface area contributed by atoms with Crippen molar-refractivity contribution in [3.63, 3.8) is 0 Å². The van der Waals surface area contributed by atoms with E-state index >= 15 is 0 Å². The molecule has 4 atom stereocenters. The van der Waals surface area contributed by atoms with Gasteiger partial charge in [0.05, 0.1) is 6.61 Å². The lowest BCUT2D eigenvalue weighted by atomic mass is 10.1. The molecule has 0 aliphatic carbocycles. The summed E-state index contributed by atoms with van der Waals surface area (Å²) in [6, 6.07) is 1.01. The SMILES string of the molecule is [N-]=[N+]=NC1(CO)O[C@@H](n2ccc(=O)[nH]c2=O)[C@@H](O)[C@@H]1O. The summed E-state index contributed by atoms with van der Waals surface area (Å²) in [6.45, 7) is -0.899. The molecule has 2 rings (SSSR count). The molecule has 1 fully saturated rings. The first kappa shape index (κ1) is 14.2. The third-order valence-electron chi connectivity index (χ3n) is 2.97. The first-order valence-corrected chi connectivity index (χ1v) is 5.48. The van der Waals surface area contributed by atoms with Crippen LogP contribution in [0.1, 0.15) is 6.23 Å². The van der Waals surface area contributed by atoms with Gasteiger partial charge in [-0.3, -0.25) is 14.3 Å². The lowest BCUT2D eigenvalue weighted by Crippen LogP contribution is -2.44. The van der Waals surface area contributed by atoms with Crippen LogP contribution < -0.4 is 11.2 Å². The number of H-pyrrole nitrogens is 1. The summed E-state index contributed by atoms with van der Waals surface area (Å²) < 4.78 is 5.95. The first-order valence-electron chi connectivity index (χ1n) is 5.48. The highest BCUT2D eigenvalue weighted by molar-refractivity contribution is 5.00. The lowest BCUT2D eigenvalue weighted by Gasteiger charge is -2.23. The fraction of sp³-hybridized carbons (Fsp3) is 0.556. The predicted octanol–water partition coefficient (Wildman–Crippen LogP) is -2.21. The summed E-state index contributed by atoms with van der Waals surface area (Å²) in [4.78, 5) is 26.9. The van der Waals surface area contributed by atoms with E-state index in [1.54, 1.807) is 0 Å². The van der Waals surface area contributed by atoms with E-state index in [4.69, 9.17) is 10.3 Å². The van der Waals surface area contributed by atoms with Crippen LogP contribution in [0.15, 0.2) is 27.0 Å². The Labute approximate surface area is 110 Å². The van der Waals surface area contributed by atoms with E-state index < -0.39 is 42.0 Å². The second-order valence-corrected chi connectivity index (χ2v) is 4.15. The Balaban J connectivity index is 2.47. The molecule has 11 nitrogen and oxygen atoms in total. The van der Waals surface area contributed by atoms with Crippen molar-refractivity contribution >= 4 is 0 Å². The zero-order valence-electron chi connectivity index (χ0n) is 9.95. The Bertz CT molecular complexity index is 663. The van der Waals surface area contributed by atoms with Crippen molar-refractivity contribution in [1.29, 1.82) is 0 Å². The average Bonchev–Trinajstić information content (AvgIpc) is 2.65. The second kappa shape index (κ2) is 5.07. The Morgan fingerprint density at radius 3 is 2.80 bits per heavy atom. The predicted molar refractivity (Wildman–Crippen MR) is 62.4 cm³/mol. The van der Waals surface area contributed by atoms with Crippen LogP contribution in [-0.2, 0) is 4.74 Å². The summed E-state index contributed by atoms with van der Waals surface area (Å²) in [6.07, 6.45) is -3.76. The molecule has 0 aromatic carbocycles. The quantitative estimate of drug-likeness (QED) is 0.278. The number of nitrogens with one attached hydrogen (secondary N) is 1. The Morgan fingerprint density at radius 2 is 2.25 bits per heavy atom. The van der Waals surface area contributed by atoms with E-state index in [0.29, 0.717) is 0 Å². The molecule has 0 radical (unpaired) electrons. The highest BCUT2D eigenvalue weighted by atomic mass is 16.6. The fourth-order valence-corrected chi connectivity index (χ4v) is 1.94. The van der Waals surface area contributed by atoms with Gasteiger partial charge in [0.1, 0.15) is 12.2 Å².